The maximum Gasteiger partial charge on any atom is 0.143 e. The smallest absolute Gasteiger partial charge is 0.143 e. The van der Waals surface area contributed by atoms with Gasteiger partial charge in [0.05, 0.1) is 11.7 Å². The van der Waals surface area contributed by atoms with Crippen LogP contribution in [0.5, 0.6) is 11.5 Å². The van der Waals surface area contributed by atoms with Crippen LogP contribution in [-0.2, 0) is 0 Å². The Morgan fingerprint density at radius 2 is 2.20 bits per heavy atom. The Hall–Kier alpha value is -2.74. The SMILES string of the molecule is N#Cc1c(F)cccc1NC1COc2cc(O)ccc21. The number of benzene rings is 2. The largest absolute Gasteiger partial charge is 0.508 e. The van der Waals surface area contributed by atoms with E-state index in [0.29, 0.717) is 18.0 Å². The molecule has 0 amide bonds. The molecule has 0 fully saturated rings. The van der Waals surface area contributed by atoms with Gasteiger partial charge >= 0.3 is 0 Å². The lowest BCUT2D eigenvalue weighted by atomic mass is 10.1. The minimum absolute atomic E-state index is 0.0141. The first kappa shape index (κ1) is 12.3. The van der Waals surface area contributed by atoms with Crippen molar-refractivity contribution in [2.24, 2.45) is 0 Å². The third-order valence-corrected chi connectivity index (χ3v) is 3.23. The Labute approximate surface area is 115 Å². The molecule has 0 spiro atoms. The van der Waals surface area contributed by atoms with Crippen molar-refractivity contribution in [2.45, 2.75) is 6.04 Å². The van der Waals surface area contributed by atoms with Gasteiger partial charge in [-0.05, 0) is 24.3 Å². The van der Waals surface area contributed by atoms with Gasteiger partial charge in [0.2, 0.25) is 0 Å². The fraction of sp³-hybridized carbons (Fsp3) is 0.133. The molecule has 0 saturated carbocycles. The Morgan fingerprint density at radius 3 is 3.00 bits per heavy atom. The molecule has 2 N–H and O–H groups in total. The Morgan fingerprint density at radius 1 is 1.35 bits per heavy atom. The highest BCUT2D eigenvalue weighted by molar-refractivity contribution is 5.60. The van der Waals surface area contributed by atoms with Crippen molar-refractivity contribution in [3.8, 4) is 17.6 Å². The van der Waals surface area contributed by atoms with Crippen molar-refractivity contribution < 1.29 is 14.2 Å². The van der Waals surface area contributed by atoms with Gasteiger partial charge in [0.25, 0.3) is 0 Å². The molecule has 1 unspecified atom stereocenters. The minimum Gasteiger partial charge on any atom is -0.508 e. The zero-order chi connectivity index (χ0) is 14.1. The fourth-order valence-electron chi connectivity index (χ4n) is 2.26. The summed E-state index contributed by atoms with van der Waals surface area (Å²) in [5.41, 5.74) is 1.29. The van der Waals surface area contributed by atoms with Gasteiger partial charge in [0.15, 0.2) is 0 Å². The summed E-state index contributed by atoms with van der Waals surface area (Å²) in [4.78, 5) is 0. The van der Waals surface area contributed by atoms with Gasteiger partial charge in [-0.1, -0.05) is 6.07 Å². The van der Waals surface area contributed by atoms with E-state index in [4.69, 9.17) is 10.00 Å². The first-order valence-electron chi connectivity index (χ1n) is 6.10. The third kappa shape index (κ3) is 2.01. The summed E-state index contributed by atoms with van der Waals surface area (Å²) in [5, 5.41) is 21.5. The number of phenolic OH excluding ortho intramolecular Hbond substituents is 1. The van der Waals surface area contributed by atoms with Crippen LogP contribution in [-0.4, -0.2) is 11.7 Å². The van der Waals surface area contributed by atoms with Crippen LogP contribution in [0.1, 0.15) is 17.2 Å². The van der Waals surface area contributed by atoms with Gasteiger partial charge in [0.1, 0.15) is 35.6 Å². The number of rotatable bonds is 2. The third-order valence-electron chi connectivity index (χ3n) is 3.23. The molecule has 3 rings (SSSR count). The Kier molecular flexibility index (Phi) is 2.92. The lowest BCUT2D eigenvalue weighted by Gasteiger charge is -2.14. The van der Waals surface area contributed by atoms with Gasteiger partial charge in [-0.15, -0.1) is 0 Å². The monoisotopic (exact) mass is 270 g/mol. The summed E-state index contributed by atoms with van der Waals surface area (Å²) >= 11 is 0. The van der Waals surface area contributed by atoms with E-state index >= 15 is 0 Å². The summed E-state index contributed by atoms with van der Waals surface area (Å²) in [5.74, 6) is 0.174. The molecule has 4 nitrogen and oxygen atoms in total. The van der Waals surface area contributed by atoms with Gasteiger partial charge in [-0.3, -0.25) is 0 Å². The number of ether oxygens (including phenoxy) is 1. The number of nitriles is 1. The number of hydrogen-bond acceptors (Lipinski definition) is 4. The van der Waals surface area contributed by atoms with Crippen LogP contribution in [0.25, 0.3) is 0 Å². The molecule has 5 heteroatoms. The zero-order valence-corrected chi connectivity index (χ0v) is 10.4. The maximum atomic E-state index is 13.5. The normalized spacial score (nSPS) is 16.1. The van der Waals surface area contributed by atoms with Crippen LogP contribution in [0.3, 0.4) is 0 Å². The molecule has 100 valence electrons. The van der Waals surface area contributed by atoms with Crippen LogP contribution < -0.4 is 10.1 Å². The van der Waals surface area contributed by atoms with Crippen LogP contribution in [0.2, 0.25) is 0 Å². The van der Waals surface area contributed by atoms with Gasteiger partial charge in [0, 0.05) is 11.6 Å². The van der Waals surface area contributed by atoms with Crippen molar-refractivity contribution in [3.05, 3.63) is 53.3 Å². The average molecular weight is 270 g/mol. The number of hydrogen-bond donors (Lipinski definition) is 2. The molecule has 1 aliphatic rings. The molecular weight excluding hydrogens is 259 g/mol. The second-order valence-electron chi connectivity index (χ2n) is 4.50. The molecule has 2 aromatic carbocycles. The average Bonchev–Trinajstić information content (AvgIpc) is 2.81. The highest BCUT2D eigenvalue weighted by atomic mass is 19.1. The van der Waals surface area contributed by atoms with Crippen molar-refractivity contribution in [2.75, 3.05) is 11.9 Å². The van der Waals surface area contributed by atoms with E-state index < -0.39 is 5.82 Å². The van der Waals surface area contributed by atoms with Gasteiger partial charge in [-0.25, -0.2) is 4.39 Å². The Balaban J connectivity index is 1.92. The number of fused-ring (bicyclic) bond motifs is 1. The predicted octanol–water partition coefficient (Wildman–Crippen LogP) is 2.95. The number of nitrogens with zero attached hydrogens (tertiary/aromatic N) is 1. The van der Waals surface area contributed by atoms with Gasteiger partial charge in [-0.2, -0.15) is 5.26 Å². The summed E-state index contributed by atoms with van der Waals surface area (Å²) < 4.78 is 19.0. The number of phenols is 1. The van der Waals surface area contributed by atoms with E-state index in [1.54, 1.807) is 24.3 Å². The zero-order valence-electron chi connectivity index (χ0n) is 10.4. The Bertz CT molecular complexity index is 710. The van der Waals surface area contributed by atoms with Crippen molar-refractivity contribution in [3.63, 3.8) is 0 Å². The molecule has 1 aliphatic heterocycles. The van der Waals surface area contributed by atoms with E-state index in [1.807, 2.05) is 6.07 Å². The summed E-state index contributed by atoms with van der Waals surface area (Å²) in [6, 6.07) is 11.0. The molecule has 0 radical (unpaired) electrons. The van der Waals surface area contributed by atoms with E-state index in [9.17, 15) is 9.50 Å². The number of anilines is 1. The maximum absolute atomic E-state index is 13.5. The fourth-order valence-corrected chi connectivity index (χ4v) is 2.26. The molecular formula is C15H11FN2O2. The first-order chi connectivity index (χ1) is 9.69. The van der Waals surface area contributed by atoms with E-state index in [-0.39, 0.29) is 17.4 Å². The number of aromatic hydroxyl groups is 1. The quantitative estimate of drug-likeness (QED) is 0.880. The second-order valence-corrected chi connectivity index (χ2v) is 4.50. The molecule has 20 heavy (non-hydrogen) atoms. The molecule has 0 aliphatic carbocycles. The number of nitrogens with one attached hydrogen (secondary N) is 1. The van der Waals surface area contributed by atoms with E-state index in [0.717, 1.165) is 5.56 Å². The highest BCUT2D eigenvalue weighted by Crippen LogP contribution is 2.37. The second kappa shape index (κ2) is 4.74. The molecule has 0 bridgehead atoms. The van der Waals surface area contributed by atoms with Crippen molar-refractivity contribution in [1.82, 2.24) is 0 Å². The predicted molar refractivity (Wildman–Crippen MR) is 71.1 cm³/mol. The highest BCUT2D eigenvalue weighted by Gasteiger charge is 2.25. The van der Waals surface area contributed by atoms with Gasteiger partial charge < -0.3 is 15.2 Å². The van der Waals surface area contributed by atoms with E-state index in [2.05, 4.69) is 5.32 Å². The van der Waals surface area contributed by atoms with Crippen LogP contribution in [0.15, 0.2) is 36.4 Å². The standard InChI is InChI=1S/C15H11FN2O2/c16-12-2-1-3-13(11(12)7-17)18-14-8-20-15-6-9(19)4-5-10(14)15/h1-6,14,18-19H,8H2. The summed E-state index contributed by atoms with van der Waals surface area (Å²) in [6.07, 6.45) is 0. The topological polar surface area (TPSA) is 65.3 Å². The molecule has 2 aromatic rings. The first-order valence-corrected chi connectivity index (χ1v) is 6.10. The molecule has 0 aromatic heterocycles. The van der Waals surface area contributed by atoms with E-state index in [1.165, 1.54) is 12.1 Å². The molecule has 1 atom stereocenters. The lowest BCUT2D eigenvalue weighted by Crippen LogP contribution is -2.13. The minimum atomic E-state index is -0.553. The summed E-state index contributed by atoms with van der Waals surface area (Å²) in [7, 11) is 0. The van der Waals surface area contributed by atoms with Crippen LogP contribution >= 0.6 is 0 Å². The van der Waals surface area contributed by atoms with Crippen LogP contribution in [0, 0.1) is 17.1 Å². The molecule has 1 heterocycles. The molecule has 0 saturated heterocycles. The van der Waals surface area contributed by atoms with Crippen molar-refractivity contribution in [1.29, 1.82) is 5.26 Å². The summed E-state index contributed by atoms with van der Waals surface area (Å²) in [6.45, 7) is 0.361. The lowest BCUT2D eigenvalue weighted by molar-refractivity contribution is 0.338. The van der Waals surface area contributed by atoms with Crippen molar-refractivity contribution >= 4 is 5.69 Å². The number of halogens is 1. The van der Waals surface area contributed by atoms with Crippen LogP contribution in [0.4, 0.5) is 10.1 Å².